The molecule has 0 bridgehead atoms. The van der Waals surface area contributed by atoms with Gasteiger partial charge < -0.3 is 15.0 Å². The summed E-state index contributed by atoms with van der Waals surface area (Å²) in [5.41, 5.74) is 1.68. The monoisotopic (exact) mass is 338 g/mol. The highest BCUT2D eigenvalue weighted by Gasteiger charge is 2.29. The lowest BCUT2D eigenvalue weighted by Gasteiger charge is -2.26. The van der Waals surface area contributed by atoms with Crippen LogP contribution in [0, 0.1) is 0 Å². The zero-order valence-electron chi connectivity index (χ0n) is 13.6. The molecule has 3 rings (SSSR count). The van der Waals surface area contributed by atoms with Gasteiger partial charge in [0.2, 0.25) is 0 Å². The second-order valence-electron chi connectivity index (χ2n) is 5.67. The second-order valence-corrected chi connectivity index (χ2v) is 5.67. The van der Waals surface area contributed by atoms with Crippen LogP contribution in [0.15, 0.2) is 60.7 Å². The van der Waals surface area contributed by atoms with E-state index in [0.29, 0.717) is 13.1 Å². The summed E-state index contributed by atoms with van der Waals surface area (Å²) in [6, 6.07) is 18.8. The van der Waals surface area contributed by atoms with Crippen molar-refractivity contribution >= 4 is 17.8 Å². The summed E-state index contributed by atoms with van der Waals surface area (Å²) in [5, 5.41) is 2.45. The maximum absolute atomic E-state index is 12.4. The topological polar surface area (TPSA) is 75.7 Å². The van der Waals surface area contributed by atoms with Crippen LogP contribution in [0.3, 0.4) is 0 Å². The summed E-state index contributed by atoms with van der Waals surface area (Å²) < 4.78 is 5.64. The first-order valence-electron chi connectivity index (χ1n) is 8.01. The standard InChI is InChI=1S/C19H18N2O4/c22-16(13-21-12-11-20-18(23)19(21)24)25-17(14-7-3-1-4-8-14)15-9-5-2-6-10-15/h1-10,17H,11-13H2,(H,20,23). The number of benzene rings is 2. The lowest BCUT2D eigenvalue weighted by atomic mass is 10.0. The van der Waals surface area contributed by atoms with Crippen molar-refractivity contribution in [2.75, 3.05) is 19.6 Å². The lowest BCUT2D eigenvalue weighted by Crippen LogP contribution is -2.53. The van der Waals surface area contributed by atoms with Crippen molar-refractivity contribution in [1.29, 1.82) is 0 Å². The molecule has 1 aliphatic rings. The Balaban J connectivity index is 1.75. The fourth-order valence-electron chi connectivity index (χ4n) is 2.68. The van der Waals surface area contributed by atoms with Crippen molar-refractivity contribution in [2.45, 2.75) is 6.10 Å². The molecule has 2 amide bonds. The van der Waals surface area contributed by atoms with Crippen LogP contribution in [-0.2, 0) is 19.1 Å². The number of piperazine rings is 1. The number of carbonyl (C=O) groups excluding carboxylic acids is 3. The van der Waals surface area contributed by atoms with E-state index < -0.39 is 23.9 Å². The Morgan fingerprint density at radius 3 is 2.12 bits per heavy atom. The predicted octanol–water partition coefficient (Wildman–Crippen LogP) is 1.28. The third kappa shape index (κ3) is 4.03. The van der Waals surface area contributed by atoms with E-state index in [0.717, 1.165) is 11.1 Å². The zero-order valence-corrected chi connectivity index (χ0v) is 13.6. The Bertz CT molecular complexity index is 722. The summed E-state index contributed by atoms with van der Waals surface area (Å²) in [6.07, 6.45) is -0.566. The smallest absolute Gasteiger partial charge is 0.326 e. The van der Waals surface area contributed by atoms with Gasteiger partial charge in [-0.1, -0.05) is 60.7 Å². The molecule has 0 atom stereocenters. The van der Waals surface area contributed by atoms with Crippen LogP contribution in [0.5, 0.6) is 0 Å². The lowest BCUT2D eigenvalue weighted by molar-refractivity contribution is -0.156. The quantitative estimate of drug-likeness (QED) is 0.658. The van der Waals surface area contributed by atoms with Crippen LogP contribution < -0.4 is 5.32 Å². The van der Waals surface area contributed by atoms with Crippen LogP contribution in [0.25, 0.3) is 0 Å². The minimum Gasteiger partial charge on any atom is -0.451 e. The maximum atomic E-state index is 12.4. The molecule has 25 heavy (non-hydrogen) atoms. The molecule has 0 saturated carbocycles. The molecular formula is C19H18N2O4. The molecule has 0 spiro atoms. The molecule has 1 fully saturated rings. The van der Waals surface area contributed by atoms with Crippen LogP contribution in [0.2, 0.25) is 0 Å². The SMILES string of the molecule is O=C(CN1CCNC(=O)C1=O)OC(c1ccccc1)c1ccccc1. The molecule has 128 valence electrons. The molecule has 0 aromatic heterocycles. The number of rotatable bonds is 5. The molecule has 2 aromatic rings. The molecule has 1 heterocycles. The van der Waals surface area contributed by atoms with Gasteiger partial charge >= 0.3 is 17.8 Å². The number of nitrogens with zero attached hydrogens (tertiary/aromatic N) is 1. The van der Waals surface area contributed by atoms with Gasteiger partial charge in [-0.3, -0.25) is 14.4 Å². The fraction of sp³-hybridized carbons (Fsp3) is 0.211. The third-order valence-corrected chi connectivity index (χ3v) is 3.92. The van der Waals surface area contributed by atoms with Gasteiger partial charge in [-0.2, -0.15) is 0 Å². The Morgan fingerprint density at radius 2 is 1.56 bits per heavy atom. The summed E-state index contributed by atoms with van der Waals surface area (Å²) in [7, 11) is 0. The summed E-state index contributed by atoms with van der Waals surface area (Å²) in [6.45, 7) is 0.377. The number of hydrogen-bond acceptors (Lipinski definition) is 4. The average Bonchev–Trinajstić information content (AvgIpc) is 2.65. The highest BCUT2D eigenvalue weighted by molar-refractivity contribution is 6.35. The first-order chi connectivity index (χ1) is 12.1. The minimum absolute atomic E-state index is 0.248. The van der Waals surface area contributed by atoms with E-state index in [1.807, 2.05) is 60.7 Å². The van der Waals surface area contributed by atoms with E-state index in [2.05, 4.69) is 5.32 Å². The fourth-order valence-corrected chi connectivity index (χ4v) is 2.68. The van der Waals surface area contributed by atoms with Gasteiger partial charge in [0.25, 0.3) is 0 Å². The highest BCUT2D eigenvalue weighted by Crippen LogP contribution is 2.26. The number of amides is 2. The maximum Gasteiger partial charge on any atom is 0.326 e. The molecule has 0 radical (unpaired) electrons. The molecule has 0 aliphatic carbocycles. The number of ether oxygens (including phenoxy) is 1. The molecule has 0 unspecified atom stereocenters. The van der Waals surface area contributed by atoms with E-state index in [9.17, 15) is 14.4 Å². The predicted molar refractivity (Wildman–Crippen MR) is 90.4 cm³/mol. The van der Waals surface area contributed by atoms with Gasteiger partial charge in [-0.25, -0.2) is 0 Å². The van der Waals surface area contributed by atoms with Gasteiger partial charge in [0.1, 0.15) is 6.54 Å². The van der Waals surface area contributed by atoms with Crippen molar-refractivity contribution in [1.82, 2.24) is 10.2 Å². The summed E-state index contributed by atoms with van der Waals surface area (Å²) in [5.74, 6) is -1.96. The molecule has 2 aromatic carbocycles. The molecule has 6 heteroatoms. The summed E-state index contributed by atoms with van der Waals surface area (Å²) >= 11 is 0. The highest BCUT2D eigenvalue weighted by atomic mass is 16.5. The van der Waals surface area contributed by atoms with Crippen LogP contribution in [0.4, 0.5) is 0 Å². The van der Waals surface area contributed by atoms with E-state index in [-0.39, 0.29) is 6.54 Å². The van der Waals surface area contributed by atoms with E-state index in [4.69, 9.17) is 4.74 Å². The van der Waals surface area contributed by atoms with E-state index >= 15 is 0 Å². The van der Waals surface area contributed by atoms with Gasteiger partial charge in [0, 0.05) is 13.1 Å². The van der Waals surface area contributed by atoms with Gasteiger partial charge in [-0.05, 0) is 11.1 Å². The van der Waals surface area contributed by atoms with Crippen molar-refractivity contribution in [2.24, 2.45) is 0 Å². The first kappa shape index (κ1) is 16.7. The van der Waals surface area contributed by atoms with Gasteiger partial charge in [0.15, 0.2) is 6.10 Å². The molecule has 1 N–H and O–H groups in total. The van der Waals surface area contributed by atoms with Crippen LogP contribution in [0.1, 0.15) is 17.2 Å². The Hall–Kier alpha value is -3.15. The van der Waals surface area contributed by atoms with Crippen molar-refractivity contribution < 1.29 is 19.1 Å². The van der Waals surface area contributed by atoms with Gasteiger partial charge in [-0.15, -0.1) is 0 Å². The summed E-state index contributed by atoms with van der Waals surface area (Å²) in [4.78, 5) is 36.8. The third-order valence-electron chi connectivity index (χ3n) is 3.92. The van der Waals surface area contributed by atoms with E-state index in [1.54, 1.807) is 0 Å². The first-order valence-corrected chi connectivity index (χ1v) is 8.01. The number of esters is 1. The van der Waals surface area contributed by atoms with Crippen molar-refractivity contribution in [3.05, 3.63) is 71.8 Å². The Kier molecular flexibility index (Phi) is 5.09. The molecular weight excluding hydrogens is 320 g/mol. The molecule has 1 aliphatic heterocycles. The largest absolute Gasteiger partial charge is 0.451 e. The van der Waals surface area contributed by atoms with Gasteiger partial charge in [0.05, 0.1) is 0 Å². The molecule has 6 nitrogen and oxygen atoms in total. The second kappa shape index (κ2) is 7.61. The number of nitrogens with one attached hydrogen (secondary N) is 1. The number of carbonyl (C=O) groups is 3. The zero-order chi connectivity index (χ0) is 17.6. The van der Waals surface area contributed by atoms with Crippen LogP contribution >= 0.6 is 0 Å². The average molecular weight is 338 g/mol. The minimum atomic E-state index is -0.709. The van der Waals surface area contributed by atoms with Crippen molar-refractivity contribution in [3.63, 3.8) is 0 Å². The Morgan fingerprint density at radius 1 is 1.00 bits per heavy atom. The number of hydrogen-bond donors (Lipinski definition) is 1. The normalized spacial score (nSPS) is 14.4. The molecule has 1 saturated heterocycles. The van der Waals surface area contributed by atoms with Crippen molar-refractivity contribution in [3.8, 4) is 0 Å². The van der Waals surface area contributed by atoms with Crippen LogP contribution in [-0.4, -0.2) is 42.3 Å². The van der Waals surface area contributed by atoms with E-state index in [1.165, 1.54) is 4.90 Å². The Labute approximate surface area is 145 Å².